The third kappa shape index (κ3) is 4.24. The standard InChI is InChI=1S/C18H26N4O2/c23-14-21-7-9-22(10-8-21)18(24)15-11-17(13-19-12-15)20-16-5-3-1-2-4-6-16/h11-14,16,20H,1-10H2. The minimum atomic E-state index is -0.00225. The summed E-state index contributed by atoms with van der Waals surface area (Å²) in [6.45, 7) is 2.36. The fraction of sp³-hybridized carbons (Fsp3) is 0.611. The first-order valence-corrected chi connectivity index (χ1v) is 8.96. The van der Waals surface area contributed by atoms with E-state index in [1.165, 1.54) is 38.5 Å². The first-order chi connectivity index (χ1) is 11.8. The molecule has 1 aromatic rings. The average Bonchev–Trinajstić information content (AvgIpc) is 2.90. The smallest absolute Gasteiger partial charge is 0.255 e. The zero-order valence-electron chi connectivity index (χ0n) is 14.1. The number of amides is 2. The van der Waals surface area contributed by atoms with Gasteiger partial charge < -0.3 is 15.1 Å². The fourth-order valence-electron chi connectivity index (χ4n) is 3.51. The maximum atomic E-state index is 12.6. The number of piperazine rings is 1. The zero-order valence-corrected chi connectivity index (χ0v) is 14.1. The van der Waals surface area contributed by atoms with Gasteiger partial charge in [-0.3, -0.25) is 14.6 Å². The molecule has 0 aromatic carbocycles. The molecule has 0 radical (unpaired) electrons. The summed E-state index contributed by atoms with van der Waals surface area (Å²) in [4.78, 5) is 31.2. The van der Waals surface area contributed by atoms with Crippen molar-refractivity contribution in [1.29, 1.82) is 0 Å². The largest absolute Gasteiger partial charge is 0.381 e. The molecule has 2 heterocycles. The van der Waals surface area contributed by atoms with Crippen molar-refractivity contribution in [2.75, 3.05) is 31.5 Å². The molecule has 3 rings (SSSR count). The lowest BCUT2D eigenvalue weighted by Crippen LogP contribution is -2.48. The van der Waals surface area contributed by atoms with Crippen LogP contribution in [0, 0.1) is 0 Å². The van der Waals surface area contributed by atoms with Crippen molar-refractivity contribution in [1.82, 2.24) is 14.8 Å². The summed E-state index contributed by atoms with van der Waals surface area (Å²) in [5.41, 5.74) is 1.55. The molecule has 1 saturated carbocycles. The quantitative estimate of drug-likeness (QED) is 0.678. The molecule has 1 aromatic heterocycles. The number of hydrogen-bond acceptors (Lipinski definition) is 4. The van der Waals surface area contributed by atoms with E-state index in [0.29, 0.717) is 37.8 Å². The number of nitrogens with one attached hydrogen (secondary N) is 1. The number of rotatable bonds is 4. The number of pyridine rings is 1. The third-order valence-electron chi connectivity index (χ3n) is 4.96. The van der Waals surface area contributed by atoms with E-state index in [0.717, 1.165) is 12.1 Å². The van der Waals surface area contributed by atoms with Crippen LogP contribution < -0.4 is 5.32 Å². The number of nitrogens with zero attached hydrogens (tertiary/aromatic N) is 3. The SMILES string of the molecule is O=CN1CCN(C(=O)c2cncc(NC3CCCCCC3)c2)CC1. The molecule has 1 N–H and O–H groups in total. The van der Waals surface area contributed by atoms with Gasteiger partial charge in [0, 0.05) is 44.6 Å². The van der Waals surface area contributed by atoms with E-state index >= 15 is 0 Å². The second-order valence-corrected chi connectivity index (χ2v) is 6.73. The summed E-state index contributed by atoms with van der Waals surface area (Å²) < 4.78 is 0. The topological polar surface area (TPSA) is 65.5 Å². The van der Waals surface area contributed by atoms with Crippen molar-refractivity contribution in [3.8, 4) is 0 Å². The number of carbonyl (C=O) groups excluding carboxylic acids is 2. The number of hydrogen-bond donors (Lipinski definition) is 1. The van der Waals surface area contributed by atoms with Crippen LogP contribution in [0.15, 0.2) is 18.5 Å². The normalized spacial score (nSPS) is 19.7. The molecule has 2 amide bonds. The molecular weight excluding hydrogens is 304 g/mol. The van der Waals surface area contributed by atoms with Crippen molar-refractivity contribution >= 4 is 18.0 Å². The highest BCUT2D eigenvalue weighted by molar-refractivity contribution is 5.94. The Balaban J connectivity index is 1.61. The lowest BCUT2D eigenvalue weighted by atomic mass is 10.1. The Morgan fingerprint density at radius 1 is 1.08 bits per heavy atom. The molecule has 2 fully saturated rings. The summed E-state index contributed by atoms with van der Waals surface area (Å²) in [7, 11) is 0. The molecule has 1 saturated heterocycles. The van der Waals surface area contributed by atoms with Crippen LogP contribution >= 0.6 is 0 Å². The van der Waals surface area contributed by atoms with Crippen LogP contribution in [0.2, 0.25) is 0 Å². The van der Waals surface area contributed by atoms with E-state index < -0.39 is 0 Å². The Morgan fingerprint density at radius 3 is 2.46 bits per heavy atom. The third-order valence-corrected chi connectivity index (χ3v) is 4.96. The summed E-state index contributed by atoms with van der Waals surface area (Å²) in [6, 6.07) is 2.39. The molecule has 0 spiro atoms. The van der Waals surface area contributed by atoms with Crippen LogP contribution in [0.5, 0.6) is 0 Å². The van der Waals surface area contributed by atoms with Gasteiger partial charge in [-0.1, -0.05) is 25.7 Å². The molecule has 0 atom stereocenters. The molecule has 6 heteroatoms. The monoisotopic (exact) mass is 330 g/mol. The first-order valence-electron chi connectivity index (χ1n) is 8.96. The van der Waals surface area contributed by atoms with Gasteiger partial charge in [0.1, 0.15) is 0 Å². The Morgan fingerprint density at radius 2 is 1.79 bits per heavy atom. The minimum absolute atomic E-state index is 0.00225. The molecular formula is C18H26N4O2. The van der Waals surface area contributed by atoms with Crippen LogP contribution in [0.1, 0.15) is 48.9 Å². The van der Waals surface area contributed by atoms with Crippen LogP contribution in [-0.4, -0.2) is 59.3 Å². The average molecular weight is 330 g/mol. The van der Waals surface area contributed by atoms with E-state index in [4.69, 9.17) is 0 Å². The van der Waals surface area contributed by atoms with Crippen molar-refractivity contribution in [3.63, 3.8) is 0 Å². The lowest BCUT2D eigenvalue weighted by Gasteiger charge is -2.32. The van der Waals surface area contributed by atoms with Gasteiger partial charge in [-0.2, -0.15) is 0 Å². The van der Waals surface area contributed by atoms with Gasteiger partial charge in [0.05, 0.1) is 11.3 Å². The molecule has 0 bridgehead atoms. The molecule has 6 nitrogen and oxygen atoms in total. The van der Waals surface area contributed by atoms with Gasteiger partial charge in [0.2, 0.25) is 6.41 Å². The molecule has 1 aliphatic heterocycles. The molecule has 0 unspecified atom stereocenters. The van der Waals surface area contributed by atoms with Crippen LogP contribution in [0.3, 0.4) is 0 Å². The molecule has 1 aliphatic carbocycles. The van der Waals surface area contributed by atoms with Crippen molar-refractivity contribution in [2.45, 2.75) is 44.6 Å². The zero-order chi connectivity index (χ0) is 16.8. The van der Waals surface area contributed by atoms with Gasteiger partial charge >= 0.3 is 0 Å². The minimum Gasteiger partial charge on any atom is -0.381 e. The molecule has 130 valence electrons. The van der Waals surface area contributed by atoms with Gasteiger partial charge in [-0.15, -0.1) is 0 Å². The van der Waals surface area contributed by atoms with Gasteiger partial charge in [-0.25, -0.2) is 0 Å². The van der Waals surface area contributed by atoms with E-state index in [2.05, 4.69) is 10.3 Å². The highest BCUT2D eigenvalue weighted by Gasteiger charge is 2.22. The van der Waals surface area contributed by atoms with Crippen molar-refractivity contribution in [3.05, 3.63) is 24.0 Å². The van der Waals surface area contributed by atoms with Gasteiger partial charge in [0.15, 0.2) is 0 Å². The van der Waals surface area contributed by atoms with Crippen molar-refractivity contribution in [2.24, 2.45) is 0 Å². The van der Waals surface area contributed by atoms with E-state index in [1.54, 1.807) is 22.2 Å². The summed E-state index contributed by atoms with van der Waals surface area (Å²) >= 11 is 0. The molecule has 24 heavy (non-hydrogen) atoms. The van der Waals surface area contributed by atoms with E-state index in [1.807, 2.05) is 6.07 Å². The second-order valence-electron chi connectivity index (χ2n) is 6.73. The highest BCUT2D eigenvalue weighted by atomic mass is 16.2. The number of carbonyl (C=O) groups is 2. The van der Waals surface area contributed by atoms with Crippen molar-refractivity contribution < 1.29 is 9.59 Å². The number of aromatic nitrogens is 1. The predicted molar refractivity (Wildman–Crippen MR) is 92.9 cm³/mol. The van der Waals surface area contributed by atoms with Gasteiger partial charge in [0.25, 0.3) is 5.91 Å². The maximum absolute atomic E-state index is 12.6. The van der Waals surface area contributed by atoms with Crippen LogP contribution in [0.4, 0.5) is 5.69 Å². The summed E-state index contributed by atoms with van der Waals surface area (Å²) in [5, 5.41) is 3.55. The first kappa shape index (κ1) is 16.7. The lowest BCUT2D eigenvalue weighted by molar-refractivity contribution is -0.119. The Labute approximate surface area is 143 Å². The maximum Gasteiger partial charge on any atom is 0.255 e. The predicted octanol–water partition coefficient (Wildman–Crippen LogP) is 2.13. The Bertz CT molecular complexity index is 562. The number of anilines is 1. The summed E-state index contributed by atoms with van der Waals surface area (Å²) in [6.07, 6.45) is 11.8. The van der Waals surface area contributed by atoms with E-state index in [-0.39, 0.29) is 5.91 Å². The Hall–Kier alpha value is -2.11. The van der Waals surface area contributed by atoms with E-state index in [9.17, 15) is 9.59 Å². The fourth-order valence-corrected chi connectivity index (χ4v) is 3.51. The Kier molecular flexibility index (Phi) is 5.67. The molecule has 2 aliphatic rings. The summed E-state index contributed by atoms with van der Waals surface area (Å²) in [5.74, 6) is -0.00225. The second kappa shape index (κ2) is 8.13. The highest BCUT2D eigenvalue weighted by Crippen LogP contribution is 2.21. The van der Waals surface area contributed by atoms with Gasteiger partial charge in [-0.05, 0) is 18.9 Å². The van der Waals surface area contributed by atoms with Crippen LogP contribution in [0.25, 0.3) is 0 Å². The van der Waals surface area contributed by atoms with Crippen LogP contribution in [-0.2, 0) is 4.79 Å².